The fraction of sp³-hybridized carbons (Fsp3) is 0.200. The van der Waals surface area contributed by atoms with Crippen LogP contribution in [0.3, 0.4) is 0 Å². The molecule has 1 N–H and O–H groups in total. The van der Waals surface area contributed by atoms with Crippen molar-refractivity contribution in [3.05, 3.63) is 58.6 Å². The second-order valence-corrected chi connectivity index (χ2v) is 4.86. The van der Waals surface area contributed by atoms with Crippen molar-refractivity contribution in [2.24, 2.45) is 0 Å². The molecule has 94 valence electrons. The predicted octanol–water partition coefficient (Wildman–Crippen LogP) is 4.25. The van der Waals surface area contributed by atoms with Crippen LogP contribution in [0.4, 0.5) is 5.69 Å². The first-order valence-corrected chi connectivity index (χ1v) is 6.73. The van der Waals surface area contributed by atoms with E-state index >= 15 is 0 Å². The smallest absolute Gasteiger partial charge is 0.119 e. The van der Waals surface area contributed by atoms with Gasteiger partial charge in [-0.2, -0.15) is 0 Å². The molecule has 0 amide bonds. The van der Waals surface area contributed by atoms with Gasteiger partial charge in [-0.1, -0.05) is 40.2 Å². The van der Waals surface area contributed by atoms with Crippen LogP contribution in [0, 0.1) is 6.92 Å². The van der Waals surface area contributed by atoms with Crippen molar-refractivity contribution in [3.63, 3.8) is 0 Å². The molecule has 0 aliphatic heterocycles. The molecule has 2 nitrogen and oxygen atoms in total. The third-order valence-corrected chi connectivity index (χ3v) is 3.56. The topological polar surface area (TPSA) is 21.3 Å². The molecule has 18 heavy (non-hydrogen) atoms. The summed E-state index contributed by atoms with van der Waals surface area (Å²) >= 11 is 3.52. The minimum atomic E-state index is 0.649. The van der Waals surface area contributed by atoms with Gasteiger partial charge in [-0.15, -0.1) is 0 Å². The summed E-state index contributed by atoms with van der Waals surface area (Å²) in [6, 6.07) is 16.0. The van der Waals surface area contributed by atoms with E-state index in [1.807, 2.05) is 42.5 Å². The molecule has 0 spiro atoms. The summed E-state index contributed by atoms with van der Waals surface area (Å²) in [6.07, 6.45) is 0. The maximum atomic E-state index is 5.62. The molecule has 0 saturated carbocycles. The van der Waals surface area contributed by atoms with E-state index in [1.54, 1.807) is 0 Å². The first-order valence-electron chi connectivity index (χ1n) is 5.94. The standard InChI is InChI=1S/C15H16BrNO/c1-12-14(16)8-5-9-15(12)17-10-11-18-13-6-3-2-4-7-13/h2-9,17H,10-11H2,1H3. The minimum Gasteiger partial charge on any atom is -0.492 e. The zero-order valence-electron chi connectivity index (χ0n) is 10.3. The predicted molar refractivity (Wildman–Crippen MR) is 79.3 cm³/mol. The Morgan fingerprint density at radius 1 is 1.06 bits per heavy atom. The van der Waals surface area contributed by atoms with Crippen molar-refractivity contribution in [2.75, 3.05) is 18.5 Å². The van der Waals surface area contributed by atoms with E-state index < -0.39 is 0 Å². The molecule has 0 unspecified atom stereocenters. The third kappa shape index (κ3) is 3.50. The van der Waals surface area contributed by atoms with Crippen molar-refractivity contribution >= 4 is 21.6 Å². The average molecular weight is 306 g/mol. The molecular weight excluding hydrogens is 290 g/mol. The molecule has 2 aromatic rings. The molecule has 0 atom stereocenters. The number of halogens is 1. The zero-order chi connectivity index (χ0) is 12.8. The number of anilines is 1. The quantitative estimate of drug-likeness (QED) is 0.834. The van der Waals surface area contributed by atoms with Crippen LogP contribution in [-0.2, 0) is 0 Å². The van der Waals surface area contributed by atoms with E-state index in [0.717, 1.165) is 22.5 Å². The summed E-state index contributed by atoms with van der Waals surface area (Å²) < 4.78 is 6.75. The lowest BCUT2D eigenvalue weighted by molar-refractivity contribution is 0.333. The van der Waals surface area contributed by atoms with Crippen LogP contribution in [0.5, 0.6) is 5.75 Å². The van der Waals surface area contributed by atoms with E-state index in [2.05, 4.69) is 34.2 Å². The van der Waals surface area contributed by atoms with Crippen LogP contribution < -0.4 is 10.1 Å². The second-order valence-electron chi connectivity index (χ2n) is 4.00. The zero-order valence-corrected chi connectivity index (χ0v) is 11.9. The Morgan fingerprint density at radius 3 is 2.61 bits per heavy atom. The molecule has 0 bridgehead atoms. The van der Waals surface area contributed by atoms with Crippen LogP contribution in [0.1, 0.15) is 5.56 Å². The highest BCUT2D eigenvalue weighted by molar-refractivity contribution is 9.10. The molecule has 0 aliphatic carbocycles. The summed E-state index contributed by atoms with van der Waals surface area (Å²) in [5, 5.41) is 3.37. The fourth-order valence-corrected chi connectivity index (χ4v) is 2.04. The maximum absolute atomic E-state index is 5.62. The highest BCUT2D eigenvalue weighted by atomic mass is 79.9. The van der Waals surface area contributed by atoms with E-state index in [0.29, 0.717) is 6.61 Å². The van der Waals surface area contributed by atoms with Crippen LogP contribution in [0.15, 0.2) is 53.0 Å². The highest BCUT2D eigenvalue weighted by Gasteiger charge is 2.00. The maximum Gasteiger partial charge on any atom is 0.119 e. The summed E-state index contributed by atoms with van der Waals surface area (Å²) in [5.41, 5.74) is 2.36. The summed E-state index contributed by atoms with van der Waals surface area (Å²) in [4.78, 5) is 0. The monoisotopic (exact) mass is 305 g/mol. The van der Waals surface area contributed by atoms with Crippen molar-refractivity contribution < 1.29 is 4.74 Å². The minimum absolute atomic E-state index is 0.649. The van der Waals surface area contributed by atoms with Crippen molar-refractivity contribution in [2.45, 2.75) is 6.92 Å². The van der Waals surface area contributed by atoms with Gasteiger partial charge >= 0.3 is 0 Å². The van der Waals surface area contributed by atoms with Gasteiger partial charge in [0.05, 0.1) is 0 Å². The van der Waals surface area contributed by atoms with Crippen LogP contribution in [0.2, 0.25) is 0 Å². The lowest BCUT2D eigenvalue weighted by Crippen LogP contribution is -2.12. The summed E-state index contributed by atoms with van der Waals surface area (Å²) in [5.74, 6) is 0.908. The van der Waals surface area contributed by atoms with E-state index in [-0.39, 0.29) is 0 Å². The average Bonchev–Trinajstić information content (AvgIpc) is 2.40. The van der Waals surface area contributed by atoms with Crippen LogP contribution >= 0.6 is 15.9 Å². The Bertz CT molecular complexity index is 499. The number of rotatable bonds is 5. The van der Waals surface area contributed by atoms with Gasteiger partial charge < -0.3 is 10.1 Å². The Kier molecular flexibility index (Phi) is 4.65. The number of hydrogen-bond donors (Lipinski definition) is 1. The SMILES string of the molecule is Cc1c(Br)cccc1NCCOc1ccccc1. The second kappa shape index (κ2) is 6.45. The third-order valence-electron chi connectivity index (χ3n) is 2.70. The summed E-state index contributed by atoms with van der Waals surface area (Å²) in [7, 11) is 0. The van der Waals surface area contributed by atoms with Gasteiger partial charge in [0.15, 0.2) is 0 Å². The number of hydrogen-bond acceptors (Lipinski definition) is 2. The lowest BCUT2D eigenvalue weighted by atomic mass is 10.2. The van der Waals surface area contributed by atoms with Gasteiger partial charge in [-0.25, -0.2) is 0 Å². The first-order chi connectivity index (χ1) is 8.77. The number of ether oxygens (including phenoxy) is 1. The first kappa shape index (κ1) is 13.0. The van der Waals surface area contributed by atoms with E-state index in [4.69, 9.17) is 4.74 Å². The van der Waals surface area contributed by atoms with Crippen LogP contribution in [-0.4, -0.2) is 13.2 Å². The lowest BCUT2D eigenvalue weighted by Gasteiger charge is -2.11. The van der Waals surface area contributed by atoms with Gasteiger partial charge in [-0.3, -0.25) is 0 Å². The fourth-order valence-electron chi connectivity index (χ4n) is 1.67. The number of nitrogens with one attached hydrogen (secondary N) is 1. The van der Waals surface area contributed by atoms with Gasteiger partial charge in [-0.05, 0) is 36.8 Å². The molecule has 0 heterocycles. The van der Waals surface area contributed by atoms with E-state index in [9.17, 15) is 0 Å². The molecular formula is C15H16BrNO. The number of para-hydroxylation sites is 1. The van der Waals surface area contributed by atoms with Crippen molar-refractivity contribution in [1.29, 1.82) is 0 Å². The number of benzene rings is 2. The van der Waals surface area contributed by atoms with Gasteiger partial charge in [0, 0.05) is 16.7 Å². The van der Waals surface area contributed by atoms with Crippen molar-refractivity contribution in [3.8, 4) is 5.75 Å². The highest BCUT2D eigenvalue weighted by Crippen LogP contribution is 2.23. The molecule has 0 radical (unpaired) electrons. The molecule has 0 fully saturated rings. The van der Waals surface area contributed by atoms with Crippen molar-refractivity contribution in [1.82, 2.24) is 0 Å². The Hall–Kier alpha value is -1.48. The Morgan fingerprint density at radius 2 is 1.83 bits per heavy atom. The molecule has 0 saturated heterocycles. The molecule has 0 aromatic heterocycles. The molecule has 3 heteroatoms. The van der Waals surface area contributed by atoms with Gasteiger partial charge in [0.1, 0.15) is 12.4 Å². The molecule has 0 aliphatic rings. The van der Waals surface area contributed by atoms with Crippen LogP contribution in [0.25, 0.3) is 0 Å². The summed E-state index contributed by atoms with van der Waals surface area (Å²) in [6.45, 7) is 3.52. The molecule has 2 rings (SSSR count). The van der Waals surface area contributed by atoms with Gasteiger partial charge in [0.25, 0.3) is 0 Å². The normalized spacial score (nSPS) is 10.1. The Labute approximate surface area is 116 Å². The largest absolute Gasteiger partial charge is 0.492 e. The van der Waals surface area contributed by atoms with Gasteiger partial charge in [0.2, 0.25) is 0 Å². The van der Waals surface area contributed by atoms with E-state index in [1.165, 1.54) is 5.56 Å². The Balaban J connectivity index is 1.81. The molecule has 2 aromatic carbocycles.